The van der Waals surface area contributed by atoms with E-state index in [1.54, 1.807) is 0 Å². The first-order chi connectivity index (χ1) is 5.79. The molecule has 0 aromatic rings. The monoisotopic (exact) mass is 170 g/mol. The van der Waals surface area contributed by atoms with Gasteiger partial charge in [-0.1, -0.05) is 12.8 Å². The minimum atomic E-state index is -0.126. The molecule has 12 heavy (non-hydrogen) atoms. The molecule has 2 fully saturated rings. The Morgan fingerprint density at radius 1 is 0.667 bits per heavy atom. The summed E-state index contributed by atoms with van der Waals surface area (Å²) in [7, 11) is 0. The number of aliphatic hydroxyl groups is 2. The van der Waals surface area contributed by atoms with E-state index in [9.17, 15) is 10.2 Å². The number of hydrogen-bond donors (Lipinski definition) is 2. The van der Waals surface area contributed by atoms with Gasteiger partial charge < -0.3 is 10.2 Å². The van der Waals surface area contributed by atoms with Crippen molar-refractivity contribution in [3.63, 3.8) is 0 Å². The van der Waals surface area contributed by atoms with Gasteiger partial charge in [-0.25, -0.2) is 0 Å². The maximum atomic E-state index is 9.71. The average molecular weight is 170 g/mol. The number of rotatable bonds is 0. The van der Waals surface area contributed by atoms with Gasteiger partial charge in [0.05, 0.1) is 12.2 Å². The van der Waals surface area contributed by atoms with Crippen molar-refractivity contribution < 1.29 is 10.2 Å². The molecule has 0 aromatic heterocycles. The lowest BCUT2D eigenvalue weighted by molar-refractivity contribution is -0.0608. The highest BCUT2D eigenvalue weighted by atomic mass is 16.3. The third-order valence-corrected chi connectivity index (χ3v) is 3.62. The predicted molar refractivity (Wildman–Crippen MR) is 46.7 cm³/mol. The Bertz CT molecular complexity index is 140. The Labute approximate surface area is 73.6 Å². The summed E-state index contributed by atoms with van der Waals surface area (Å²) in [6, 6.07) is 0. The van der Waals surface area contributed by atoms with Crippen molar-refractivity contribution in [2.75, 3.05) is 0 Å². The van der Waals surface area contributed by atoms with Crippen LogP contribution in [0.15, 0.2) is 0 Å². The lowest BCUT2D eigenvalue weighted by Crippen LogP contribution is -2.42. The molecule has 2 aliphatic carbocycles. The average Bonchev–Trinajstić information content (AvgIpc) is 2.12. The molecule has 70 valence electrons. The molecule has 4 atom stereocenters. The van der Waals surface area contributed by atoms with Crippen molar-refractivity contribution in [2.24, 2.45) is 11.8 Å². The van der Waals surface area contributed by atoms with Crippen LogP contribution in [0.5, 0.6) is 0 Å². The molecule has 2 saturated carbocycles. The highest BCUT2D eigenvalue weighted by molar-refractivity contribution is 4.89. The molecule has 0 unspecified atom stereocenters. The van der Waals surface area contributed by atoms with Gasteiger partial charge >= 0.3 is 0 Å². The fraction of sp³-hybridized carbons (Fsp3) is 1.00. The molecule has 0 aliphatic heterocycles. The third kappa shape index (κ3) is 1.38. The molecule has 0 heterocycles. The largest absolute Gasteiger partial charge is 0.393 e. The zero-order valence-electron chi connectivity index (χ0n) is 7.45. The Kier molecular flexibility index (Phi) is 2.37. The zero-order valence-corrected chi connectivity index (χ0v) is 7.45. The lowest BCUT2D eigenvalue weighted by atomic mass is 9.68. The fourth-order valence-corrected chi connectivity index (χ4v) is 2.91. The summed E-state index contributed by atoms with van der Waals surface area (Å²) in [5, 5.41) is 19.4. The summed E-state index contributed by atoms with van der Waals surface area (Å²) >= 11 is 0. The Morgan fingerprint density at radius 2 is 1.08 bits per heavy atom. The van der Waals surface area contributed by atoms with E-state index in [4.69, 9.17) is 0 Å². The minimum Gasteiger partial charge on any atom is -0.393 e. The van der Waals surface area contributed by atoms with Gasteiger partial charge in [-0.2, -0.15) is 0 Å². The second-order valence-corrected chi connectivity index (χ2v) is 4.32. The quantitative estimate of drug-likeness (QED) is 0.575. The molecule has 0 aromatic carbocycles. The zero-order chi connectivity index (χ0) is 8.55. The normalized spacial score (nSPS) is 48.5. The van der Waals surface area contributed by atoms with E-state index in [0.29, 0.717) is 11.8 Å². The SMILES string of the molecule is O[C@H]1CC[C@H](O)[C@H]2CCCC[C@@H]21. The van der Waals surface area contributed by atoms with Crippen LogP contribution in [0.4, 0.5) is 0 Å². The van der Waals surface area contributed by atoms with E-state index in [1.165, 1.54) is 12.8 Å². The van der Waals surface area contributed by atoms with Crippen LogP contribution in [0.2, 0.25) is 0 Å². The van der Waals surface area contributed by atoms with E-state index in [2.05, 4.69) is 0 Å². The van der Waals surface area contributed by atoms with E-state index in [-0.39, 0.29) is 12.2 Å². The van der Waals surface area contributed by atoms with Crippen LogP contribution in [0.1, 0.15) is 38.5 Å². The standard InChI is InChI=1S/C10H18O2/c11-9-5-6-10(12)8-4-2-1-3-7(8)9/h7-12H,1-6H2/t7-,8-,9-,10-/m0/s1. The van der Waals surface area contributed by atoms with Crippen molar-refractivity contribution in [3.05, 3.63) is 0 Å². The molecule has 2 aliphatic rings. The Balaban J connectivity index is 2.05. The first-order valence-electron chi connectivity index (χ1n) is 5.15. The van der Waals surface area contributed by atoms with E-state index in [0.717, 1.165) is 25.7 Å². The Hall–Kier alpha value is -0.0800. The topological polar surface area (TPSA) is 40.5 Å². The van der Waals surface area contributed by atoms with E-state index in [1.807, 2.05) is 0 Å². The molecule has 0 radical (unpaired) electrons. The molecule has 2 N–H and O–H groups in total. The van der Waals surface area contributed by atoms with Gasteiger partial charge in [0, 0.05) is 0 Å². The van der Waals surface area contributed by atoms with Gasteiger partial charge in [0.1, 0.15) is 0 Å². The molecule has 2 rings (SSSR count). The summed E-state index contributed by atoms with van der Waals surface area (Å²) < 4.78 is 0. The number of aliphatic hydroxyl groups excluding tert-OH is 2. The van der Waals surface area contributed by atoms with Crippen LogP contribution in [0.25, 0.3) is 0 Å². The Morgan fingerprint density at radius 3 is 1.50 bits per heavy atom. The van der Waals surface area contributed by atoms with Crippen LogP contribution in [-0.4, -0.2) is 22.4 Å². The second kappa shape index (κ2) is 3.35. The molecular formula is C10H18O2. The third-order valence-electron chi connectivity index (χ3n) is 3.62. The summed E-state index contributed by atoms with van der Waals surface area (Å²) in [5.41, 5.74) is 0. The molecule has 0 spiro atoms. The van der Waals surface area contributed by atoms with Crippen LogP contribution in [0.3, 0.4) is 0 Å². The van der Waals surface area contributed by atoms with Crippen LogP contribution in [0, 0.1) is 11.8 Å². The molecule has 2 heteroatoms. The highest BCUT2D eigenvalue weighted by Crippen LogP contribution is 2.40. The fourth-order valence-electron chi connectivity index (χ4n) is 2.91. The molecular weight excluding hydrogens is 152 g/mol. The van der Waals surface area contributed by atoms with Crippen LogP contribution in [-0.2, 0) is 0 Å². The summed E-state index contributed by atoms with van der Waals surface area (Å²) in [6.45, 7) is 0. The minimum absolute atomic E-state index is 0.126. The van der Waals surface area contributed by atoms with Crippen LogP contribution < -0.4 is 0 Å². The number of fused-ring (bicyclic) bond motifs is 1. The molecule has 0 amide bonds. The van der Waals surface area contributed by atoms with E-state index >= 15 is 0 Å². The van der Waals surface area contributed by atoms with Crippen LogP contribution >= 0.6 is 0 Å². The molecule has 0 bridgehead atoms. The first-order valence-corrected chi connectivity index (χ1v) is 5.15. The maximum absolute atomic E-state index is 9.71. The summed E-state index contributed by atoms with van der Waals surface area (Å²) in [6.07, 6.45) is 6.10. The lowest BCUT2D eigenvalue weighted by Gasteiger charge is -2.41. The second-order valence-electron chi connectivity index (χ2n) is 4.32. The molecule has 0 saturated heterocycles. The number of hydrogen-bond acceptors (Lipinski definition) is 2. The van der Waals surface area contributed by atoms with Gasteiger partial charge in [0.25, 0.3) is 0 Å². The van der Waals surface area contributed by atoms with Gasteiger partial charge in [-0.15, -0.1) is 0 Å². The first kappa shape index (κ1) is 8.52. The van der Waals surface area contributed by atoms with Gasteiger partial charge in [-0.05, 0) is 37.5 Å². The smallest absolute Gasteiger partial charge is 0.0573 e. The maximum Gasteiger partial charge on any atom is 0.0573 e. The highest BCUT2D eigenvalue weighted by Gasteiger charge is 2.38. The summed E-state index contributed by atoms with van der Waals surface area (Å²) in [5.74, 6) is 0.810. The van der Waals surface area contributed by atoms with Crippen molar-refractivity contribution in [1.29, 1.82) is 0 Å². The summed E-state index contributed by atoms with van der Waals surface area (Å²) in [4.78, 5) is 0. The van der Waals surface area contributed by atoms with Gasteiger partial charge in [0.2, 0.25) is 0 Å². The van der Waals surface area contributed by atoms with Crippen molar-refractivity contribution in [1.82, 2.24) is 0 Å². The van der Waals surface area contributed by atoms with Crippen molar-refractivity contribution >= 4 is 0 Å². The van der Waals surface area contributed by atoms with E-state index < -0.39 is 0 Å². The molecule has 2 nitrogen and oxygen atoms in total. The van der Waals surface area contributed by atoms with Crippen molar-refractivity contribution in [2.45, 2.75) is 50.7 Å². The van der Waals surface area contributed by atoms with Gasteiger partial charge in [-0.3, -0.25) is 0 Å². The predicted octanol–water partition coefficient (Wildman–Crippen LogP) is 1.31. The van der Waals surface area contributed by atoms with Crippen molar-refractivity contribution in [3.8, 4) is 0 Å². The van der Waals surface area contributed by atoms with Gasteiger partial charge in [0.15, 0.2) is 0 Å².